The van der Waals surface area contributed by atoms with Crippen LogP contribution in [0.1, 0.15) is 68.7 Å². The minimum atomic E-state index is 0. The van der Waals surface area contributed by atoms with Gasteiger partial charge < -0.3 is 0 Å². The molecule has 0 amide bonds. The zero-order valence-corrected chi connectivity index (χ0v) is 18.2. The summed E-state index contributed by atoms with van der Waals surface area (Å²) in [7, 11) is 0. The third-order valence-corrected chi connectivity index (χ3v) is 4.50. The molecule has 0 aliphatic carbocycles. The van der Waals surface area contributed by atoms with Gasteiger partial charge >= 0.3 is 0 Å². The Morgan fingerprint density at radius 1 is 0.957 bits per heavy atom. The third kappa shape index (κ3) is 3.79. The first kappa shape index (κ1) is 20.2. The maximum atomic E-state index is 4.85. The molecule has 0 unspecified atom stereocenters. The predicted molar refractivity (Wildman–Crippen MR) is 95.7 cm³/mol. The maximum Gasteiger partial charge on any atom is 0.0675 e. The standard InChI is InChI=1S/C20H30N2.Pt/c1-12(2)22-19(20(7,8)9)18(16(6)21-22)17-10-13(3)15(5)14(4)11-17;/h10-12H,1-9H3;. The molecule has 0 spiro atoms. The number of benzene rings is 1. The Bertz CT molecular complexity index is 680. The Balaban J connectivity index is 0.00000264. The van der Waals surface area contributed by atoms with E-state index in [4.69, 9.17) is 5.10 Å². The molecule has 2 nitrogen and oxygen atoms in total. The first-order chi connectivity index (χ1) is 10.0. The molecule has 0 aliphatic rings. The summed E-state index contributed by atoms with van der Waals surface area (Å²) >= 11 is 0. The van der Waals surface area contributed by atoms with Crippen molar-refractivity contribution in [3.8, 4) is 11.1 Å². The van der Waals surface area contributed by atoms with Crippen molar-refractivity contribution in [2.75, 3.05) is 0 Å². The number of nitrogens with zero attached hydrogens (tertiary/aromatic N) is 2. The van der Waals surface area contributed by atoms with E-state index in [0.717, 1.165) is 5.69 Å². The molecule has 3 heteroatoms. The third-order valence-electron chi connectivity index (χ3n) is 4.50. The van der Waals surface area contributed by atoms with Gasteiger partial charge in [-0.3, -0.25) is 4.68 Å². The van der Waals surface area contributed by atoms with E-state index in [1.807, 2.05) is 0 Å². The summed E-state index contributed by atoms with van der Waals surface area (Å²) in [4.78, 5) is 0. The van der Waals surface area contributed by atoms with Gasteiger partial charge in [0.2, 0.25) is 0 Å². The molecule has 0 aliphatic heterocycles. The van der Waals surface area contributed by atoms with E-state index < -0.39 is 0 Å². The molecule has 23 heavy (non-hydrogen) atoms. The van der Waals surface area contributed by atoms with Crippen LogP contribution in [0.5, 0.6) is 0 Å². The van der Waals surface area contributed by atoms with Crippen molar-refractivity contribution in [1.82, 2.24) is 9.78 Å². The molecule has 0 radical (unpaired) electrons. The Hall–Kier alpha value is -0.882. The Morgan fingerprint density at radius 3 is 1.83 bits per heavy atom. The number of rotatable bonds is 2. The van der Waals surface area contributed by atoms with Crippen LogP contribution in [0.4, 0.5) is 0 Å². The van der Waals surface area contributed by atoms with Gasteiger partial charge in [0.05, 0.1) is 11.4 Å². The molecule has 2 rings (SSSR count). The topological polar surface area (TPSA) is 17.8 Å². The summed E-state index contributed by atoms with van der Waals surface area (Å²) in [6.07, 6.45) is 0. The maximum absolute atomic E-state index is 4.85. The van der Waals surface area contributed by atoms with Crippen LogP contribution >= 0.6 is 0 Å². The van der Waals surface area contributed by atoms with Gasteiger partial charge in [-0.2, -0.15) is 5.10 Å². The molecule has 0 fully saturated rings. The van der Waals surface area contributed by atoms with Crippen LogP contribution in [0.2, 0.25) is 0 Å². The molecule has 1 aromatic carbocycles. The zero-order valence-electron chi connectivity index (χ0n) is 15.9. The van der Waals surface area contributed by atoms with E-state index in [2.05, 4.69) is 79.1 Å². The van der Waals surface area contributed by atoms with Gasteiger partial charge in [0, 0.05) is 38.1 Å². The normalized spacial score (nSPS) is 11.7. The zero-order chi connectivity index (χ0) is 16.8. The number of aryl methyl sites for hydroxylation is 3. The van der Waals surface area contributed by atoms with E-state index in [0.29, 0.717) is 6.04 Å². The predicted octanol–water partition coefficient (Wildman–Crippen LogP) is 5.66. The molecule has 0 saturated heterocycles. The molecule has 0 bridgehead atoms. The van der Waals surface area contributed by atoms with Gasteiger partial charge in [0.1, 0.15) is 0 Å². The van der Waals surface area contributed by atoms with Crippen molar-refractivity contribution in [3.05, 3.63) is 40.2 Å². The molecule has 0 saturated carbocycles. The Morgan fingerprint density at radius 2 is 1.43 bits per heavy atom. The Kier molecular flexibility index (Phi) is 6.08. The Labute approximate surface area is 155 Å². The molecular weight excluding hydrogens is 463 g/mol. The van der Waals surface area contributed by atoms with Crippen LogP contribution in [0.25, 0.3) is 11.1 Å². The molecule has 2 aromatic rings. The number of hydrogen-bond donors (Lipinski definition) is 0. The second-order valence-electron chi connectivity index (χ2n) is 7.83. The van der Waals surface area contributed by atoms with Gasteiger partial charge in [0.15, 0.2) is 0 Å². The van der Waals surface area contributed by atoms with Crippen molar-refractivity contribution >= 4 is 0 Å². The molecule has 0 atom stereocenters. The SMILES string of the molecule is Cc1cc(-c2c(C)nn(C(C)C)c2C(C)(C)C)cc(C)c1C.[Pt]. The fourth-order valence-electron chi connectivity index (χ4n) is 3.17. The van der Waals surface area contributed by atoms with Gasteiger partial charge in [0.25, 0.3) is 0 Å². The smallest absolute Gasteiger partial charge is 0.0675 e. The number of hydrogen-bond acceptors (Lipinski definition) is 1. The first-order valence-electron chi connectivity index (χ1n) is 8.21. The van der Waals surface area contributed by atoms with Crippen LogP contribution in [0.15, 0.2) is 12.1 Å². The summed E-state index contributed by atoms with van der Waals surface area (Å²) in [6, 6.07) is 4.99. The van der Waals surface area contributed by atoms with Crippen molar-refractivity contribution in [2.45, 2.75) is 73.8 Å². The van der Waals surface area contributed by atoms with Crippen LogP contribution in [-0.4, -0.2) is 9.78 Å². The minimum Gasteiger partial charge on any atom is -0.266 e. The van der Waals surface area contributed by atoms with Crippen LogP contribution in [-0.2, 0) is 26.5 Å². The molecule has 1 heterocycles. The van der Waals surface area contributed by atoms with Crippen LogP contribution in [0.3, 0.4) is 0 Å². The van der Waals surface area contributed by atoms with Crippen LogP contribution in [0, 0.1) is 27.7 Å². The largest absolute Gasteiger partial charge is 0.266 e. The van der Waals surface area contributed by atoms with E-state index in [1.54, 1.807) is 0 Å². The van der Waals surface area contributed by atoms with E-state index in [9.17, 15) is 0 Å². The summed E-state index contributed by atoms with van der Waals surface area (Å²) < 4.78 is 2.20. The van der Waals surface area contributed by atoms with Gasteiger partial charge in [-0.15, -0.1) is 0 Å². The molecule has 130 valence electrons. The second kappa shape index (κ2) is 6.93. The summed E-state index contributed by atoms with van der Waals surface area (Å²) in [5.74, 6) is 0. The van der Waals surface area contributed by atoms with Crippen molar-refractivity contribution in [1.29, 1.82) is 0 Å². The monoisotopic (exact) mass is 493 g/mol. The average Bonchev–Trinajstić information content (AvgIpc) is 2.73. The minimum absolute atomic E-state index is 0. The summed E-state index contributed by atoms with van der Waals surface area (Å²) in [5, 5.41) is 4.85. The van der Waals surface area contributed by atoms with E-state index in [1.165, 1.54) is 33.5 Å². The fraction of sp³-hybridized carbons (Fsp3) is 0.550. The second-order valence-corrected chi connectivity index (χ2v) is 7.83. The molecule has 1 aromatic heterocycles. The number of aromatic nitrogens is 2. The van der Waals surface area contributed by atoms with E-state index >= 15 is 0 Å². The van der Waals surface area contributed by atoms with Gasteiger partial charge in [-0.05, 0) is 63.8 Å². The van der Waals surface area contributed by atoms with E-state index in [-0.39, 0.29) is 26.5 Å². The average molecular weight is 494 g/mol. The summed E-state index contributed by atoms with van der Waals surface area (Å²) in [5.41, 5.74) is 9.23. The van der Waals surface area contributed by atoms with Crippen LogP contribution < -0.4 is 0 Å². The van der Waals surface area contributed by atoms with Crippen molar-refractivity contribution < 1.29 is 21.1 Å². The van der Waals surface area contributed by atoms with Gasteiger partial charge in [-0.25, -0.2) is 0 Å². The fourth-order valence-corrected chi connectivity index (χ4v) is 3.17. The van der Waals surface area contributed by atoms with Gasteiger partial charge in [-0.1, -0.05) is 32.9 Å². The quantitative estimate of drug-likeness (QED) is 0.528. The summed E-state index contributed by atoms with van der Waals surface area (Å²) in [6.45, 7) is 20.0. The molecular formula is C20H30N2Pt. The first-order valence-corrected chi connectivity index (χ1v) is 8.21. The van der Waals surface area contributed by atoms with Crippen molar-refractivity contribution in [3.63, 3.8) is 0 Å². The van der Waals surface area contributed by atoms with Crippen molar-refractivity contribution in [2.24, 2.45) is 0 Å². The molecule has 0 N–H and O–H groups in total.